The number of hydrogen-bond acceptors (Lipinski definition) is 3. The number of ether oxygens (including phenoxy) is 1. The average Bonchev–Trinajstić information content (AvgIpc) is 2.60. The molecule has 2 aliphatic carbocycles. The van der Waals surface area contributed by atoms with E-state index >= 15 is 0 Å². The molecule has 1 aromatic rings. The number of hydrogen-bond donors (Lipinski definition) is 2. The first kappa shape index (κ1) is 21.2. The average molecular weight is 381 g/mol. The normalized spacial score (nSPS) is 27.5. The van der Waals surface area contributed by atoms with Gasteiger partial charge in [-0.2, -0.15) is 0 Å². The van der Waals surface area contributed by atoms with Crippen LogP contribution in [-0.4, -0.2) is 18.6 Å². The van der Waals surface area contributed by atoms with Crippen LogP contribution < -0.4 is 11.1 Å². The molecule has 0 aromatic heterocycles. The Hall–Kier alpha value is -1.10. The van der Waals surface area contributed by atoms with E-state index in [2.05, 4.69) is 24.4 Å². The molecule has 2 unspecified atom stereocenters. The molecule has 1 aromatic carbocycles. The lowest BCUT2D eigenvalue weighted by molar-refractivity contribution is -0.128. The van der Waals surface area contributed by atoms with Crippen LogP contribution in [-0.2, 0) is 22.7 Å². The van der Waals surface area contributed by atoms with Crippen LogP contribution in [0, 0.1) is 17.8 Å². The molecule has 5 heteroatoms. The van der Waals surface area contributed by atoms with Gasteiger partial charge in [-0.15, -0.1) is 12.4 Å². The van der Waals surface area contributed by atoms with E-state index < -0.39 is 0 Å². The van der Waals surface area contributed by atoms with Crippen LogP contribution in [0.25, 0.3) is 0 Å². The molecular formula is C21H33ClN2O2. The molecule has 2 atom stereocenters. The van der Waals surface area contributed by atoms with E-state index in [1.165, 1.54) is 24.8 Å². The Bertz CT molecular complexity index is 567. The third kappa shape index (κ3) is 5.21. The first-order chi connectivity index (χ1) is 12.2. The van der Waals surface area contributed by atoms with Crippen LogP contribution in [0.15, 0.2) is 24.3 Å². The van der Waals surface area contributed by atoms with Gasteiger partial charge in [0.2, 0.25) is 5.91 Å². The van der Waals surface area contributed by atoms with E-state index in [0.29, 0.717) is 31.0 Å². The van der Waals surface area contributed by atoms with Gasteiger partial charge in [-0.3, -0.25) is 4.79 Å². The topological polar surface area (TPSA) is 64.3 Å². The molecule has 2 aliphatic rings. The third-order valence-electron chi connectivity index (χ3n) is 5.96. The zero-order valence-electron chi connectivity index (χ0n) is 15.8. The van der Waals surface area contributed by atoms with Crippen LogP contribution >= 0.6 is 12.4 Å². The second-order valence-electron chi connectivity index (χ2n) is 7.74. The van der Waals surface area contributed by atoms with Crippen molar-refractivity contribution in [3.05, 3.63) is 35.4 Å². The smallest absolute Gasteiger partial charge is 0.223 e. The van der Waals surface area contributed by atoms with Crippen LogP contribution in [0.2, 0.25) is 0 Å². The second kappa shape index (κ2) is 10.3. The lowest BCUT2D eigenvalue weighted by atomic mass is 9.65. The maximum Gasteiger partial charge on any atom is 0.223 e. The summed E-state index contributed by atoms with van der Waals surface area (Å²) in [7, 11) is 0. The Morgan fingerprint density at radius 1 is 1.19 bits per heavy atom. The number of carbonyl (C=O) groups excluding carboxylic acids is 1. The number of rotatable bonds is 7. The minimum Gasteiger partial charge on any atom is -0.377 e. The van der Waals surface area contributed by atoms with Gasteiger partial charge in [-0.05, 0) is 55.1 Å². The summed E-state index contributed by atoms with van der Waals surface area (Å²) in [5.74, 6) is 1.42. The first-order valence-corrected chi connectivity index (χ1v) is 9.86. The van der Waals surface area contributed by atoms with Gasteiger partial charge in [0.25, 0.3) is 0 Å². The summed E-state index contributed by atoms with van der Waals surface area (Å²) >= 11 is 0. The predicted molar refractivity (Wildman–Crippen MR) is 107 cm³/mol. The van der Waals surface area contributed by atoms with Gasteiger partial charge in [-0.1, -0.05) is 37.6 Å². The lowest BCUT2D eigenvalue weighted by Crippen LogP contribution is -2.49. The van der Waals surface area contributed by atoms with E-state index in [1.54, 1.807) is 0 Å². The fourth-order valence-electron chi connectivity index (χ4n) is 4.53. The highest BCUT2D eigenvalue weighted by Gasteiger charge is 2.40. The van der Waals surface area contributed by atoms with Crippen molar-refractivity contribution < 1.29 is 9.53 Å². The van der Waals surface area contributed by atoms with Gasteiger partial charge in [0.1, 0.15) is 0 Å². The van der Waals surface area contributed by atoms with Crippen LogP contribution in [0.4, 0.5) is 0 Å². The fraction of sp³-hybridized carbons (Fsp3) is 0.667. The number of benzene rings is 1. The molecule has 1 amide bonds. The minimum atomic E-state index is 0. The molecule has 3 N–H and O–H groups in total. The molecule has 146 valence electrons. The highest BCUT2D eigenvalue weighted by molar-refractivity contribution is 5.85. The van der Waals surface area contributed by atoms with Crippen LogP contribution in [0.1, 0.15) is 56.6 Å². The van der Waals surface area contributed by atoms with Gasteiger partial charge >= 0.3 is 0 Å². The van der Waals surface area contributed by atoms with Crippen molar-refractivity contribution in [1.29, 1.82) is 0 Å². The summed E-state index contributed by atoms with van der Waals surface area (Å²) in [5.41, 5.74) is 8.66. The molecule has 0 saturated heterocycles. The molecule has 0 spiro atoms. The number of halogens is 1. The van der Waals surface area contributed by atoms with E-state index in [1.807, 2.05) is 12.1 Å². The molecule has 4 nitrogen and oxygen atoms in total. The summed E-state index contributed by atoms with van der Waals surface area (Å²) in [6.07, 6.45) is 6.61. The van der Waals surface area contributed by atoms with Crippen molar-refractivity contribution in [2.75, 3.05) is 6.61 Å². The summed E-state index contributed by atoms with van der Waals surface area (Å²) in [6.45, 7) is 4.08. The van der Waals surface area contributed by atoms with Gasteiger partial charge in [0.15, 0.2) is 0 Å². The number of fused-ring (bicyclic) bond motifs is 2. The van der Waals surface area contributed by atoms with E-state index in [0.717, 1.165) is 31.4 Å². The van der Waals surface area contributed by atoms with Crippen molar-refractivity contribution in [3.63, 3.8) is 0 Å². The van der Waals surface area contributed by atoms with Crippen molar-refractivity contribution in [3.8, 4) is 0 Å². The fourth-order valence-corrected chi connectivity index (χ4v) is 4.53. The highest BCUT2D eigenvalue weighted by atomic mass is 35.5. The zero-order valence-corrected chi connectivity index (χ0v) is 16.6. The van der Waals surface area contributed by atoms with Crippen molar-refractivity contribution in [2.24, 2.45) is 23.5 Å². The predicted octanol–water partition coefficient (Wildman–Crippen LogP) is 3.80. The standard InChI is InChI=1S/C21H32N2O2.ClH/c1-2-10-25-14-18-7-4-3-6-17(18)13-23-21(24)19-11-15-8-5-9-16(12-19)20(15)22;/h3-4,6-7,15-16,19-20H,2,5,8-14,22H2,1H3,(H,23,24);1H. The summed E-state index contributed by atoms with van der Waals surface area (Å²) in [6, 6.07) is 8.53. The number of nitrogens with one attached hydrogen (secondary N) is 1. The molecule has 0 heterocycles. The molecule has 2 saturated carbocycles. The number of nitrogens with two attached hydrogens (primary N) is 1. The van der Waals surface area contributed by atoms with Crippen LogP contribution in [0.3, 0.4) is 0 Å². The second-order valence-corrected chi connectivity index (χ2v) is 7.74. The Kier molecular flexibility index (Phi) is 8.39. The zero-order chi connectivity index (χ0) is 17.6. The van der Waals surface area contributed by atoms with Gasteiger partial charge in [0.05, 0.1) is 6.61 Å². The molecular weight excluding hydrogens is 348 g/mol. The summed E-state index contributed by atoms with van der Waals surface area (Å²) in [5, 5.41) is 3.17. The van der Waals surface area contributed by atoms with Gasteiger partial charge in [-0.25, -0.2) is 0 Å². The molecule has 0 aliphatic heterocycles. The quantitative estimate of drug-likeness (QED) is 0.707. The summed E-state index contributed by atoms with van der Waals surface area (Å²) < 4.78 is 5.67. The van der Waals surface area contributed by atoms with Gasteiger partial charge in [0, 0.05) is 25.1 Å². The maximum atomic E-state index is 12.7. The maximum absolute atomic E-state index is 12.7. The van der Waals surface area contributed by atoms with Gasteiger partial charge < -0.3 is 15.8 Å². The van der Waals surface area contributed by atoms with Crippen molar-refractivity contribution in [1.82, 2.24) is 5.32 Å². The molecule has 0 radical (unpaired) electrons. The van der Waals surface area contributed by atoms with Crippen molar-refractivity contribution >= 4 is 18.3 Å². The Balaban J connectivity index is 0.00000243. The molecule has 2 bridgehead atoms. The molecule has 2 fully saturated rings. The third-order valence-corrected chi connectivity index (χ3v) is 5.96. The number of carbonyl (C=O) groups is 1. The first-order valence-electron chi connectivity index (χ1n) is 9.86. The summed E-state index contributed by atoms with van der Waals surface area (Å²) in [4.78, 5) is 12.7. The largest absolute Gasteiger partial charge is 0.377 e. The monoisotopic (exact) mass is 380 g/mol. The Labute approximate surface area is 163 Å². The molecule has 3 rings (SSSR count). The van der Waals surface area contributed by atoms with Crippen molar-refractivity contribution in [2.45, 2.75) is 64.6 Å². The van der Waals surface area contributed by atoms with E-state index in [-0.39, 0.29) is 24.2 Å². The van der Waals surface area contributed by atoms with E-state index in [4.69, 9.17) is 10.5 Å². The minimum absolute atomic E-state index is 0. The van der Waals surface area contributed by atoms with E-state index in [9.17, 15) is 4.79 Å². The molecule has 26 heavy (non-hydrogen) atoms. The Morgan fingerprint density at radius 3 is 2.50 bits per heavy atom. The Morgan fingerprint density at radius 2 is 1.85 bits per heavy atom. The van der Waals surface area contributed by atoms with Crippen LogP contribution in [0.5, 0.6) is 0 Å². The lowest BCUT2D eigenvalue weighted by Gasteiger charge is -2.43. The highest BCUT2D eigenvalue weighted by Crippen LogP contribution is 2.41. The SMILES string of the molecule is CCCOCc1ccccc1CNC(=O)C1CC2CCCC(C1)C2N.Cl. The number of amides is 1.